The van der Waals surface area contributed by atoms with Gasteiger partial charge in [0.1, 0.15) is 0 Å². The monoisotopic (exact) mass is 280 g/mol. The predicted octanol–water partition coefficient (Wildman–Crippen LogP) is 2.24. The van der Waals surface area contributed by atoms with E-state index in [2.05, 4.69) is 31.1 Å². The second kappa shape index (κ2) is 5.94. The smallest absolute Gasteiger partial charge is 0.0570 e. The van der Waals surface area contributed by atoms with Gasteiger partial charge in [0.2, 0.25) is 0 Å². The summed E-state index contributed by atoms with van der Waals surface area (Å²) < 4.78 is 0. The van der Waals surface area contributed by atoms with Crippen LogP contribution in [0.5, 0.6) is 0 Å². The molecule has 0 amide bonds. The van der Waals surface area contributed by atoms with Crippen molar-refractivity contribution in [3.63, 3.8) is 0 Å². The third kappa shape index (κ3) is 2.77. The second-order valence-corrected chi connectivity index (χ2v) is 7.82. The molecule has 0 radical (unpaired) electrons. The van der Waals surface area contributed by atoms with Gasteiger partial charge < -0.3 is 10.4 Å². The van der Waals surface area contributed by atoms with Crippen LogP contribution in [0.3, 0.4) is 0 Å². The largest absolute Gasteiger partial charge is 0.393 e. The van der Waals surface area contributed by atoms with Crippen LogP contribution in [0.25, 0.3) is 0 Å². The summed E-state index contributed by atoms with van der Waals surface area (Å²) in [5, 5.41) is 13.5. The molecule has 2 bridgehead atoms. The first-order valence-corrected chi connectivity index (χ1v) is 8.69. The Balaban J connectivity index is 1.67. The number of piperidine rings is 1. The molecular formula is C17H32N2O. The Kier molecular flexibility index (Phi) is 4.40. The lowest BCUT2D eigenvalue weighted by atomic mass is 9.72. The Bertz CT molecular complexity index is 321. The molecule has 0 aromatic carbocycles. The third-order valence-corrected chi connectivity index (χ3v) is 6.33. The number of hydrogen-bond acceptors (Lipinski definition) is 3. The van der Waals surface area contributed by atoms with Crippen molar-refractivity contribution in [2.45, 2.75) is 76.6 Å². The molecule has 3 heteroatoms. The normalized spacial score (nSPS) is 49.5. The Hall–Kier alpha value is -0.120. The van der Waals surface area contributed by atoms with Crippen molar-refractivity contribution in [1.29, 1.82) is 0 Å². The van der Waals surface area contributed by atoms with Crippen LogP contribution in [0.1, 0.15) is 52.4 Å². The van der Waals surface area contributed by atoms with Gasteiger partial charge in [0.05, 0.1) is 6.10 Å². The number of rotatable bonds is 3. The van der Waals surface area contributed by atoms with Crippen molar-refractivity contribution < 1.29 is 5.11 Å². The minimum atomic E-state index is -0.0346. The van der Waals surface area contributed by atoms with Crippen molar-refractivity contribution >= 4 is 0 Å². The van der Waals surface area contributed by atoms with E-state index >= 15 is 0 Å². The SMILES string of the molecule is CNC1CC(C)CC(C)C1CN1C2CCC1CC(O)C2. The first kappa shape index (κ1) is 14.8. The minimum absolute atomic E-state index is 0.0346. The number of nitrogens with one attached hydrogen (secondary N) is 1. The van der Waals surface area contributed by atoms with E-state index in [9.17, 15) is 5.11 Å². The van der Waals surface area contributed by atoms with Gasteiger partial charge in [-0.1, -0.05) is 13.8 Å². The van der Waals surface area contributed by atoms with E-state index in [1.807, 2.05) is 0 Å². The van der Waals surface area contributed by atoms with Crippen LogP contribution in [-0.2, 0) is 0 Å². The van der Waals surface area contributed by atoms with Crippen LogP contribution in [0.4, 0.5) is 0 Å². The fraction of sp³-hybridized carbons (Fsp3) is 1.00. The van der Waals surface area contributed by atoms with Crippen molar-refractivity contribution in [3.05, 3.63) is 0 Å². The Labute approximate surface area is 124 Å². The van der Waals surface area contributed by atoms with Gasteiger partial charge >= 0.3 is 0 Å². The molecule has 2 heterocycles. The topological polar surface area (TPSA) is 35.5 Å². The molecule has 3 nitrogen and oxygen atoms in total. The second-order valence-electron chi connectivity index (χ2n) is 7.82. The van der Waals surface area contributed by atoms with Gasteiger partial charge in [-0.3, -0.25) is 4.90 Å². The van der Waals surface area contributed by atoms with Crippen LogP contribution in [-0.4, -0.2) is 47.8 Å². The van der Waals surface area contributed by atoms with Crippen molar-refractivity contribution in [3.8, 4) is 0 Å². The van der Waals surface area contributed by atoms with Crippen LogP contribution < -0.4 is 5.32 Å². The highest BCUT2D eigenvalue weighted by atomic mass is 16.3. The van der Waals surface area contributed by atoms with E-state index in [-0.39, 0.29) is 6.10 Å². The highest BCUT2D eigenvalue weighted by molar-refractivity contribution is 4.98. The summed E-state index contributed by atoms with van der Waals surface area (Å²) in [6, 6.07) is 2.00. The zero-order chi connectivity index (χ0) is 14.3. The van der Waals surface area contributed by atoms with E-state index in [1.54, 1.807) is 0 Å². The summed E-state index contributed by atoms with van der Waals surface area (Å²) in [6.07, 6.45) is 7.32. The molecule has 2 aliphatic heterocycles. The quantitative estimate of drug-likeness (QED) is 0.832. The molecular weight excluding hydrogens is 248 g/mol. The average molecular weight is 280 g/mol. The fourth-order valence-electron chi connectivity index (χ4n) is 5.34. The summed E-state index contributed by atoms with van der Waals surface area (Å²) in [7, 11) is 2.14. The van der Waals surface area contributed by atoms with E-state index < -0.39 is 0 Å². The first-order chi connectivity index (χ1) is 9.58. The number of aliphatic hydroxyl groups is 1. The maximum Gasteiger partial charge on any atom is 0.0570 e. The van der Waals surface area contributed by atoms with E-state index in [4.69, 9.17) is 0 Å². The lowest BCUT2D eigenvalue weighted by Gasteiger charge is -2.45. The number of nitrogens with zero attached hydrogens (tertiary/aromatic N) is 1. The Morgan fingerprint density at radius 2 is 1.70 bits per heavy atom. The molecule has 6 atom stereocenters. The van der Waals surface area contributed by atoms with Gasteiger partial charge in [-0.2, -0.15) is 0 Å². The van der Waals surface area contributed by atoms with Crippen molar-refractivity contribution in [1.82, 2.24) is 10.2 Å². The summed E-state index contributed by atoms with van der Waals surface area (Å²) >= 11 is 0. The summed E-state index contributed by atoms with van der Waals surface area (Å²) in [6.45, 7) is 6.10. The van der Waals surface area contributed by atoms with Crippen LogP contribution in [0.15, 0.2) is 0 Å². The minimum Gasteiger partial charge on any atom is -0.393 e. The maximum absolute atomic E-state index is 9.96. The van der Waals surface area contributed by atoms with Crippen LogP contribution in [0, 0.1) is 17.8 Å². The first-order valence-electron chi connectivity index (χ1n) is 8.69. The van der Waals surface area contributed by atoms with Crippen LogP contribution >= 0.6 is 0 Å². The van der Waals surface area contributed by atoms with E-state index in [0.29, 0.717) is 18.1 Å². The van der Waals surface area contributed by atoms with Gasteiger partial charge in [-0.05, 0) is 63.3 Å². The molecule has 0 aromatic rings. The average Bonchev–Trinajstić information content (AvgIpc) is 2.63. The predicted molar refractivity (Wildman–Crippen MR) is 82.7 cm³/mol. The van der Waals surface area contributed by atoms with Crippen LogP contribution in [0.2, 0.25) is 0 Å². The van der Waals surface area contributed by atoms with Gasteiger partial charge in [0.25, 0.3) is 0 Å². The van der Waals surface area contributed by atoms with E-state index in [0.717, 1.165) is 30.6 Å². The Morgan fingerprint density at radius 3 is 2.30 bits per heavy atom. The van der Waals surface area contributed by atoms with E-state index in [1.165, 1.54) is 32.2 Å². The molecule has 116 valence electrons. The number of aliphatic hydroxyl groups excluding tert-OH is 1. The molecule has 0 aromatic heterocycles. The fourth-order valence-corrected chi connectivity index (χ4v) is 5.34. The standard InChI is InChI=1S/C17H32N2O/c1-11-6-12(2)16(17(7-11)18-3)10-19-13-4-5-14(19)9-15(20)8-13/h11-18,20H,4-10H2,1-3H3. The van der Waals surface area contributed by atoms with Gasteiger partial charge in [-0.25, -0.2) is 0 Å². The maximum atomic E-state index is 9.96. The third-order valence-electron chi connectivity index (χ3n) is 6.33. The number of fused-ring (bicyclic) bond motifs is 2. The molecule has 0 spiro atoms. The molecule has 2 saturated heterocycles. The summed E-state index contributed by atoms with van der Waals surface area (Å²) in [5.74, 6) is 2.47. The summed E-state index contributed by atoms with van der Waals surface area (Å²) in [4.78, 5) is 2.76. The molecule has 6 unspecified atom stereocenters. The zero-order valence-corrected chi connectivity index (χ0v) is 13.4. The molecule has 20 heavy (non-hydrogen) atoms. The Morgan fingerprint density at radius 1 is 1.05 bits per heavy atom. The lowest BCUT2D eigenvalue weighted by Crippen LogP contribution is -2.52. The molecule has 1 aliphatic carbocycles. The molecule has 2 N–H and O–H groups in total. The highest BCUT2D eigenvalue weighted by Gasteiger charge is 2.43. The highest BCUT2D eigenvalue weighted by Crippen LogP contribution is 2.40. The molecule has 3 rings (SSSR count). The molecule has 1 saturated carbocycles. The van der Waals surface area contributed by atoms with Gasteiger partial charge in [0, 0.05) is 24.7 Å². The molecule has 3 aliphatic rings. The van der Waals surface area contributed by atoms with Gasteiger partial charge in [0.15, 0.2) is 0 Å². The lowest BCUT2D eigenvalue weighted by molar-refractivity contribution is 0.00857. The summed E-state index contributed by atoms with van der Waals surface area (Å²) in [5.41, 5.74) is 0. The zero-order valence-electron chi connectivity index (χ0n) is 13.4. The molecule has 3 fully saturated rings. The van der Waals surface area contributed by atoms with Crippen molar-refractivity contribution in [2.75, 3.05) is 13.6 Å². The van der Waals surface area contributed by atoms with Gasteiger partial charge in [-0.15, -0.1) is 0 Å². The van der Waals surface area contributed by atoms with Crippen molar-refractivity contribution in [2.24, 2.45) is 17.8 Å². The number of hydrogen-bond donors (Lipinski definition) is 2.